The molecule has 4 aromatic rings. The standard InChI is InChI=1S/C21H24N8O2S/c1-14-11-24-29(25-14)18-7-5-17(6-8-18)12-22-20-10-9-19(13-23-20)32(30,31)27-21-15(2)26-28(4)16(21)3/h5-11,13,27H,12H2,1-4H3,(H,22,23). The minimum atomic E-state index is -3.77. The molecule has 2 N–H and O–H groups in total. The molecule has 0 fully saturated rings. The fourth-order valence-electron chi connectivity index (χ4n) is 3.16. The van der Waals surface area contributed by atoms with E-state index in [-0.39, 0.29) is 4.90 Å². The Kier molecular flexibility index (Phi) is 5.66. The van der Waals surface area contributed by atoms with E-state index < -0.39 is 10.0 Å². The van der Waals surface area contributed by atoms with E-state index >= 15 is 0 Å². The average molecular weight is 453 g/mol. The summed E-state index contributed by atoms with van der Waals surface area (Å²) in [6, 6.07) is 11.0. The lowest BCUT2D eigenvalue weighted by Gasteiger charge is -2.10. The van der Waals surface area contributed by atoms with Gasteiger partial charge in [0.05, 0.1) is 34.7 Å². The predicted molar refractivity (Wildman–Crippen MR) is 121 cm³/mol. The number of nitrogens with zero attached hydrogens (tertiary/aromatic N) is 6. The van der Waals surface area contributed by atoms with Crippen LogP contribution >= 0.6 is 0 Å². The Balaban J connectivity index is 1.40. The van der Waals surface area contributed by atoms with Crippen molar-refractivity contribution >= 4 is 21.5 Å². The van der Waals surface area contributed by atoms with Gasteiger partial charge >= 0.3 is 0 Å². The van der Waals surface area contributed by atoms with Crippen molar-refractivity contribution in [1.82, 2.24) is 29.8 Å². The molecule has 32 heavy (non-hydrogen) atoms. The van der Waals surface area contributed by atoms with Crippen LogP contribution < -0.4 is 10.0 Å². The van der Waals surface area contributed by atoms with Gasteiger partial charge in [-0.2, -0.15) is 20.1 Å². The first-order valence-corrected chi connectivity index (χ1v) is 11.4. The predicted octanol–water partition coefficient (Wildman–Crippen LogP) is 2.73. The Bertz CT molecular complexity index is 1340. The quantitative estimate of drug-likeness (QED) is 0.442. The minimum Gasteiger partial charge on any atom is -0.366 e. The van der Waals surface area contributed by atoms with Crippen molar-refractivity contribution in [2.45, 2.75) is 32.2 Å². The zero-order valence-electron chi connectivity index (χ0n) is 18.2. The van der Waals surface area contributed by atoms with Gasteiger partial charge in [-0.25, -0.2) is 13.4 Å². The molecular weight excluding hydrogens is 428 g/mol. The van der Waals surface area contributed by atoms with Gasteiger partial charge in [-0.3, -0.25) is 9.40 Å². The average Bonchev–Trinajstić information content (AvgIpc) is 3.31. The molecule has 0 amide bonds. The van der Waals surface area contributed by atoms with E-state index in [1.165, 1.54) is 12.3 Å². The van der Waals surface area contributed by atoms with E-state index in [9.17, 15) is 8.42 Å². The van der Waals surface area contributed by atoms with E-state index in [0.29, 0.717) is 23.7 Å². The second-order valence-corrected chi connectivity index (χ2v) is 9.13. The molecule has 0 aliphatic rings. The first kappa shape index (κ1) is 21.5. The van der Waals surface area contributed by atoms with Crippen molar-refractivity contribution in [3.8, 4) is 5.69 Å². The molecule has 0 saturated carbocycles. The van der Waals surface area contributed by atoms with Crippen LogP contribution in [0.4, 0.5) is 11.5 Å². The SMILES string of the molecule is Cc1cnn(-c2ccc(CNc3ccc(S(=O)(=O)Nc4c(C)nn(C)c4C)cn3)cc2)n1. The van der Waals surface area contributed by atoms with E-state index in [0.717, 1.165) is 22.6 Å². The molecule has 0 aliphatic carbocycles. The van der Waals surface area contributed by atoms with Crippen molar-refractivity contribution in [2.24, 2.45) is 7.05 Å². The lowest BCUT2D eigenvalue weighted by molar-refractivity contribution is 0.600. The number of rotatable bonds is 7. The largest absolute Gasteiger partial charge is 0.366 e. The highest BCUT2D eigenvalue weighted by molar-refractivity contribution is 7.92. The van der Waals surface area contributed by atoms with E-state index in [2.05, 4.69) is 30.3 Å². The van der Waals surface area contributed by atoms with Crippen molar-refractivity contribution in [3.05, 3.63) is 71.4 Å². The lowest BCUT2D eigenvalue weighted by atomic mass is 10.2. The molecule has 4 rings (SSSR count). The monoisotopic (exact) mass is 452 g/mol. The summed E-state index contributed by atoms with van der Waals surface area (Å²) in [5, 5.41) is 15.9. The molecule has 3 heterocycles. The highest BCUT2D eigenvalue weighted by atomic mass is 32.2. The van der Waals surface area contributed by atoms with Crippen molar-refractivity contribution in [3.63, 3.8) is 0 Å². The summed E-state index contributed by atoms with van der Waals surface area (Å²) < 4.78 is 29.7. The normalized spacial score (nSPS) is 11.5. The van der Waals surface area contributed by atoms with Crippen molar-refractivity contribution in [1.29, 1.82) is 0 Å². The zero-order valence-corrected chi connectivity index (χ0v) is 19.1. The summed E-state index contributed by atoms with van der Waals surface area (Å²) >= 11 is 0. The molecule has 0 spiro atoms. The zero-order chi connectivity index (χ0) is 22.9. The van der Waals surface area contributed by atoms with Gasteiger partial charge in [0.1, 0.15) is 10.7 Å². The molecule has 0 atom stereocenters. The van der Waals surface area contributed by atoms with Gasteiger partial charge in [-0.05, 0) is 50.6 Å². The summed E-state index contributed by atoms with van der Waals surface area (Å²) in [6.07, 6.45) is 3.04. The number of hydrogen-bond acceptors (Lipinski definition) is 7. The first-order valence-electron chi connectivity index (χ1n) is 9.94. The number of anilines is 2. The molecule has 0 unspecified atom stereocenters. The number of hydrogen-bond donors (Lipinski definition) is 2. The number of pyridine rings is 1. The number of aromatic nitrogens is 6. The van der Waals surface area contributed by atoms with Gasteiger partial charge < -0.3 is 5.32 Å². The van der Waals surface area contributed by atoms with E-state index in [1.54, 1.807) is 35.7 Å². The van der Waals surface area contributed by atoms with Gasteiger partial charge in [0, 0.05) is 19.8 Å². The maximum absolute atomic E-state index is 12.7. The number of nitrogens with one attached hydrogen (secondary N) is 2. The molecule has 0 aliphatic heterocycles. The van der Waals surface area contributed by atoms with Gasteiger partial charge in [-0.15, -0.1) is 0 Å². The summed E-state index contributed by atoms with van der Waals surface area (Å²) in [5.41, 5.74) is 4.61. The Labute approximate surface area is 186 Å². The maximum atomic E-state index is 12.7. The Morgan fingerprint density at radius 1 is 0.969 bits per heavy atom. The summed E-state index contributed by atoms with van der Waals surface area (Å²) in [7, 11) is -2.00. The molecule has 11 heteroatoms. The van der Waals surface area contributed by atoms with E-state index in [4.69, 9.17) is 0 Å². The highest BCUT2D eigenvalue weighted by Crippen LogP contribution is 2.23. The summed E-state index contributed by atoms with van der Waals surface area (Å²) in [5.74, 6) is 0.575. The summed E-state index contributed by atoms with van der Waals surface area (Å²) in [4.78, 5) is 5.90. The van der Waals surface area contributed by atoms with Crippen LogP contribution in [-0.4, -0.2) is 38.2 Å². The smallest absolute Gasteiger partial charge is 0.263 e. The van der Waals surface area contributed by atoms with Crippen LogP contribution in [0.3, 0.4) is 0 Å². The van der Waals surface area contributed by atoms with E-state index in [1.807, 2.05) is 38.1 Å². The Morgan fingerprint density at radius 3 is 2.28 bits per heavy atom. The van der Waals surface area contributed by atoms with Gasteiger partial charge in [0.25, 0.3) is 10.0 Å². The van der Waals surface area contributed by atoms with Crippen molar-refractivity contribution < 1.29 is 8.42 Å². The topological polar surface area (TPSA) is 120 Å². The molecule has 1 aromatic carbocycles. The molecular formula is C21H24N8O2S. The maximum Gasteiger partial charge on any atom is 0.263 e. The van der Waals surface area contributed by atoms with Crippen LogP contribution in [0.2, 0.25) is 0 Å². The minimum absolute atomic E-state index is 0.0806. The first-order chi connectivity index (χ1) is 15.2. The van der Waals surface area contributed by atoms with Crippen LogP contribution in [0.5, 0.6) is 0 Å². The summed E-state index contributed by atoms with van der Waals surface area (Å²) in [6.45, 7) is 6.00. The molecule has 0 radical (unpaired) electrons. The van der Waals surface area contributed by atoms with Gasteiger partial charge in [-0.1, -0.05) is 12.1 Å². The number of aryl methyl sites for hydroxylation is 3. The third-order valence-electron chi connectivity index (χ3n) is 5.04. The molecule has 0 saturated heterocycles. The van der Waals surface area contributed by atoms with Gasteiger partial charge in [0.2, 0.25) is 0 Å². The number of sulfonamides is 1. The fourth-order valence-corrected chi connectivity index (χ4v) is 4.28. The third-order valence-corrected chi connectivity index (χ3v) is 6.37. The van der Waals surface area contributed by atoms with Crippen LogP contribution in [0, 0.1) is 20.8 Å². The van der Waals surface area contributed by atoms with Crippen molar-refractivity contribution in [2.75, 3.05) is 10.0 Å². The van der Waals surface area contributed by atoms with Crippen LogP contribution in [0.1, 0.15) is 22.6 Å². The van der Waals surface area contributed by atoms with Gasteiger partial charge in [0.15, 0.2) is 0 Å². The lowest BCUT2D eigenvalue weighted by Crippen LogP contribution is -2.14. The molecule has 3 aromatic heterocycles. The fraction of sp³-hybridized carbons (Fsp3) is 0.238. The highest BCUT2D eigenvalue weighted by Gasteiger charge is 2.19. The molecule has 10 nitrogen and oxygen atoms in total. The van der Waals surface area contributed by atoms with Crippen LogP contribution in [0.25, 0.3) is 5.69 Å². The number of benzene rings is 1. The molecule has 0 bridgehead atoms. The second kappa shape index (κ2) is 8.42. The third kappa shape index (κ3) is 4.47. The second-order valence-electron chi connectivity index (χ2n) is 7.45. The van der Waals surface area contributed by atoms with Crippen LogP contribution in [0.15, 0.2) is 53.7 Å². The van der Waals surface area contributed by atoms with Crippen LogP contribution in [-0.2, 0) is 23.6 Å². The Morgan fingerprint density at radius 2 is 1.72 bits per heavy atom. The Hall–Kier alpha value is -3.73. The molecule has 166 valence electrons.